The number of carbonyl (C=O) groups is 1. The maximum absolute atomic E-state index is 12.3. The zero-order chi connectivity index (χ0) is 23.1. The normalized spacial score (nSPS) is 14.7. The van der Waals surface area contributed by atoms with Crippen LogP contribution in [0.4, 0.5) is 0 Å². The summed E-state index contributed by atoms with van der Waals surface area (Å²) in [6, 6.07) is 13.2. The Balaban J connectivity index is 1.49. The Bertz CT molecular complexity index is 1030. The van der Waals surface area contributed by atoms with Crippen molar-refractivity contribution in [1.82, 2.24) is 0 Å². The summed E-state index contributed by atoms with van der Waals surface area (Å²) in [5.74, 6) is 1.80. The van der Waals surface area contributed by atoms with Crippen LogP contribution in [0.2, 0.25) is 0 Å². The van der Waals surface area contributed by atoms with Gasteiger partial charge in [0.2, 0.25) is 0 Å². The van der Waals surface area contributed by atoms with Gasteiger partial charge < -0.3 is 16.2 Å². The number of unbranched alkanes of at least 4 members (excludes halogenated alkanes) is 1. The maximum Gasteiger partial charge on any atom is 0.178 e. The fourth-order valence-corrected chi connectivity index (χ4v) is 5.09. The van der Waals surface area contributed by atoms with Crippen LogP contribution in [0.5, 0.6) is 11.5 Å². The number of nitrogens with two attached hydrogens (primary N) is 2. The van der Waals surface area contributed by atoms with E-state index in [1.807, 2.05) is 12.1 Å². The number of Topliss-reactive ketones (excluding diaryl/α,β-unsaturated/α-hetero) is 1. The SMILES string of the molecule is N=C(N)CCCCC(N)C(=O)Cc1ccc(Oc2ccc(S(=O)(=O)CC3CC3)cc2)cc1. The summed E-state index contributed by atoms with van der Waals surface area (Å²) in [7, 11) is -3.24. The number of sulfone groups is 1. The Morgan fingerprint density at radius 2 is 1.62 bits per heavy atom. The van der Waals surface area contributed by atoms with E-state index in [9.17, 15) is 13.2 Å². The van der Waals surface area contributed by atoms with E-state index in [-0.39, 0.29) is 23.8 Å². The molecule has 0 bridgehead atoms. The first-order chi connectivity index (χ1) is 15.2. The average molecular weight is 458 g/mol. The van der Waals surface area contributed by atoms with Crippen LogP contribution in [0.3, 0.4) is 0 Å². The number of amidine groups is 1. The molecule has 0 aliphatic heterocycles. The van der Waals surface area contributed by atoms with E-state index in [0.717, 1.165) is 31.2 Å². The molecular weight excluding hydrogens is 426 g/mol. The molecule has 1 aliphatic carbocycles. The predicted octanol–water partition coefficient (Wildman–Crippen LogP) is 3.60. The molecule has 0 aromatic heterocycles. The van der Waals surface area contributed by atoms with Gasteiger partial charge in [0.15, 0.2) is 15.6 Å². The van der Waals surface area contributed by atoms with Crippen molar-refractivity contribution in [3.05, 3.63) is 54.1 Å². The predicted molar refractivity (Wildman–Crippen MR) is 125 cm³/mol. The first kappa shape index (κ1) is 23.9. The Morgan fingerprint density at radius 3 is 2.19 bits per heavy atom. The number of benzene rings is 2. The van der Waals surface area contributed by atoms with E-state index in [1.165, 1.54) is 0 Å². The van der Waals surface area contributed by atoms with E-state index in [4.69, 9.17) is 21.6 Å². The second-order valence-electron chi connectivity index (χ2n) is 8.46. The summed E-state index contributed by atoms with van der Waals surface area (Å²) in [6.07, 6.45) is 4.88. The highest BCUT2D eigenvalue weighted by molar-refractivity contribution is 7.91. The summed E-state index contributed by atoms with van der Waals surface area (Å²) in [4.78, 5) is 12.7. The van der Waals surface area contributed by atoms with Crippen LogP contribution in [-0.2, 0) is 21.1 Å². The van der Waals surface area contributed by atoms with Crippen LogP contribution in [-0.4, -0.2) is 31.8 Å². The van der Waals surface area contributed by atoms with Crippen LogP contribution < -0.4 is 16.2 Å². The van der Waals surface area contributed by atoms with Gasteiger partial charge in [-0.1, -0.05) is 18.6 Å². The molecule has 172 valence electrons. The van der Waals surface area contributed by atoms with Gasteiger partial charge in [-0.05, 0) is 73.6 Å². The summed E-state index contributed by atoms with van der Waals surface area (Å²) in [5.41, 5.74) is 12.2. The molecule has 8 heteroatoms. The van der Waals surface area contributed by atoms with Crippen molar-refractivity contribution in [3.8, 4) is 11.5 Å². The van der Waals surface area contributed by atoms with Crippen molar-refractivity contribution < 1.29 is 17.9 Å². The van der Waals surface area contributed by atoms with Gasteiger partial charge in [-0.3, -0.25) is 10.2 Å². The number of ketones is 1. The summed E-state index contributed by atoms with van der Waals surface area (Å²) >= 11 is 0. The van der Waals surface area contributed by atoms with Crippen molar-refractivity contribution in [2.45, 2.75) is 55.9 Å². The third-order valence-corrected chi connectivity index (χ3v) is 7.40. The quantitative estimate of drug-likeness (QED) is 0.239. The first-order valence-electron chi connectivity index (χ1n) is 10.9. The Morgan fingerprint density at radius 1 is 1.03 bits per heavy atom. The molecule has 1 unspecified atom stereocenters. The third-order valence-electron chi connectivity index (χ3n) is 5.50. The van der Waals surface area contributed by atoms with Crippen molar-refractivity contribution in [3.63, 3.8) is 0 Å². The fourth-order valence-electron chi connectivity index (χ4n) is 3.39. The molecule has 1 saturated carbocycles. The molecule has 7 nitrogen and oxygen atoms in total. The van der Waals surface area contributed by atoms with Gasteiger partial charge in [0.25, 0.3) is 0 Å². The smallest absolute Gasteiger partial charge is 0.178 e. The molecule has 0 radical (unpaired) electrons. The minimum Gasteiger partial charge on any atom is -0.457 e. The Hall–Kier alpha value is -2.71. The van der Waals surface area contributed by atoms with Gasteiger partial charge >= 0.3 is 0 Å². The topological polar surface area (TPSA) is 136 Å². The Labute approximate surface area is 189 Å². The molecule has 1 atom stereocenters. The number of rotatable bonds is 13. The van der Waals surface area contributed by atoms with E-state index >= 15 is 0 Å². The minimum atomic E-state index is -3.24. The highest BCUT2D eigenvalue weighted by Crippen LogP contribution is 2.32. The zero-order valence-electron chi connectivity index (χ0n) is 18.1. The number of hydrogen-bond donors (Lipinski definition) is 3. The number of carbonyl (C=O) groups excluding carboxylic acids is 1. The van der Waals surface area contributed by atoms with E-state index < -0.39 is 15.9 Å². The van der Waals surface area contributed by atoms with Gasteiger partial charge in [0.05, 0.1) is 22.5 Å². The molecule has 0 spiro atoms. The lowest BCUT2D eigenvalue weighted by molar-refractivity contribution is -0.119. The van der Waals surface area contributed by atoms with E-state index in [1.54, 1.807) is 36.4 Å². The molecular formula is C24H31N3O4S. The minimum absolute atomic E-state index is 0.0236. The van der Waals surface area contributed by atoms with Crippen LogP contribution in [0, 0.1) is 11.3 Å². The standard InChI is InChI=1S/C24H31N3O4S/c25-22(3-1-2-4-24(26)27)23(28)15-17-7-9-19(10-8-17)31-20-11-13-21(14-12-20)32(29,30)16-18-5-6-18/h7-14,18,22H,1-6,15-16,25H2,(H3,26,27). The summed E-state index contributed by atoms with van der Waals surface area (Å²) in [6.45, 7) is 0. The molecule has 3 rings (SSSR count). The highest BCUT2D eigenvalue weighted by atomic mass is 32.2. The molecule has 2 aromatic rings. The first-order valence-corrected chi connectivity index (χ1v) is 12.6. The van der Waals surface area contributed by atoms with Gasteiger partial charge in [0, 0.05) is 12.8 Å². The molecule has 0 heterocycles. The second-order valence-corrected chi connectivity index (χ2v) is 10.5. The van der Waals surface area contributed by atoms with E-state index in [2.05, 4.69) is 0 Å². The summed E-state index contributed by atoms with van der Waals surface area (Å²) in [5, 5.41) is 7.20. The monoisotopic (exact) mass is 457 g/mol. The average Bonchev–Trinajstić information content (AvgIpc) is 3.56. The molecule has 0 saturated heterocycles. The second kappa shape index (κ2) is 10.7. The maximum atomic E-state index is 12.3. The highest BCUT2D eigenvalue weighted by Gasteiger charge is 2.29. The lowest BCUT2D eigenvalue weighted by Crippen LogP contribution is -2.31. The van der Waals surface area contributed by atoms with Crippen molar-refractivity contribution in [2.24, 2.45) is 17.4 Å². The van der Waals surface area contributed by atoms with Crippen molar-refractivity contribution in [1.29, 1.82) is 5.41 Å². The summed E-state index contributed by atoms with van der Waals surface area (Å²) < 4.78 is 30.5. The number of nitrogens with one attached hydrogen (secondary N) is 1. The third kappa shape index (κ3) is 7.46. The Kier molecular flexibility index (Phi) is 8.04. The molecule has 1 fully saturated rings. The molecule has 2 aromatic carbocycles. The molecule has 32 heavy (non-hydrogen) atoms. The number of hydrogen-bond acceptors (Lipinski definition) is 6. The van der Waals surface area contributed by atoms with Crippen molar-refractivity contribution >= 4 is 21.5 Å². The van der Waals surface area contributed by atoms with Gasteiger partial charge in [-0.15, -0.1) is 0 Å². The van der Waals surface area contributed by atoms with Gasteiger partial charge in [0.1, 0.15) is 11.5 Å². The zero-order valence-corrected chi connectivity index (χ0v) is 18.9. The fraction of sp³-hybridized carbons (Fsp3) is 0.417. The largest absolute Gasteiger partial charge is 0.457 e. The van der Waals surface area contributed by atoms with E-state index in [0.29, 0.717) is 35.2 Å². The number of ether oxygens (including phenoxy) is 1. The van der Waals surface area contributed by atoms with Crippen LogP contribution in [0.25, 0.3) is 0 Å². The van der Waals surface area contributed by atoms with Gasteiger partial charge in [-0.25, -0.2) is 8.42 Å². The molecule has 1 aliphatic rings. The van der Waals surface area contributed by atoms with Gasteiger partial charge in [-0.2, -0.15) is 0 Å². The molecule has 0 amide bonds. The molecule has 5 N–H and O–H groups in total. The van der Waals surface area contributed by atoms with Crippen LogP contribution in [0.1, 0.15) is 44.1 Å². The lowest BCUT2D eigenvalue weighted by atomic mass is 9.99. The lowest BCUT2D eigenvalue weighted by Gasteiger charge is -2.11. The van der Waals surface area contributed by atoms with Crippen LogP contribution >= 0.6 is 0 Å². The van der Waals surface area contributed by atoms with Crippen molar-refractivity contribution in [2.75, 3.05) is 5.75 Å². The van der Waals surface area contributed by atoms with Crippen LogP contribution in [0.15, 0.2) is 53.4 Å².